The summed E-state index contributed by atoms with van der Waals surface area (Å²) in [6.45, 7) is 2.54. The van der Waals surface area contributed by atoms with Crippen LogP contribution in [0, 0.1) is 0 Å². The molecule has 4 heteroatoms. The third-order valence-corrected chi connectivity index (χ3v) is 2.11. The van der Waals surface area contributed by atoms with Crippen molar-refractivity contribution in [1.82, 2.24) is 10.3 Å². The van der Waals surface area contributed by atoms with Gasteiger partial charge < -0.3 is 15.8 Å². The van der Waals surface area contributed by atoms with Crippen LogP contribution < -0.4 is 11.1 Å². The fourth-order valence-corrected chi connectivity index (χ4v) is 1.39. The first kappa shape index (κ1) is 8.47. The second-order valence-electron chi connectivity index (χ2n) is 3.08. The molecule has 1 aromatic rings. The fourth-order valence-electron chi connectivity index (χ4n) is 1.39. The van der Waals surface area contributed by atoms with Crippen LogP contribution in [-0.2, 0) is 4.74 Å². The number of hydrogen-bond acceptors (Lipinski definition) is 4. The molecule has 0 amide bonds. The number of nitrogens with two attached hydrogens (primary N) is 1. The van der Waals surface area contributed by atoms with Gasteiger partial charge in [-0.1, -0.05) is 6.07 Å². The molecular formula is C9H13N3O. The number of anilines is 1. The minimum atomic E-state index is 0.127. The van der Waals surface area contributed by atoms with E-state index in [-0.39, 0.29) is 6.10 Å². The quantitative estimate of drug-likeness (QED) is 0.652. The lowest BCUT2D eigenvalue weighted by Crippen LogP contribution is -2.33. The lowest BCUT2D eigenvalue weighted by Gasteiger charge is -2.23. The number of nitrogens with zero attached hydrogens (tertiary/aromatic N) is 1. The Labute approximate surface area is 77.1 Å². The molecule has 1 aromatic heterocycles. The average molecular weight is 179 g/mol. The van der Waals surface area contributed by atoms with Crippen molar-refractivity contribution < 1.29 is 4.74 Å². The lowest BCUT2D eigenvalue weighted by molar-refractivity contribution is 0.0275. The summed E-state index contributed by atoms with van der Waals surface area (Å²) in [5.41, 5.74) is 6.57. The van der Waals surface area contributed by atoms with Gasteiger partial charge in [-0.2, -0.15) is 0 Å². The van der Waals surface area contributed by atoms with E-state index in [4.69, 9.17) is 10.5 Å². The summed E-state index contributed by atoms with van der Waals surface area (Å²) in [6, 6.07) is 3.76. The van der Waals surface area contributed by atoms with Gasteiger partial charge in [-0.25, -0.2) is 4.98 Å². The van der Waals surface area contributed by atoms with Crippen molar-refractivity contribution in [2.24, 2.45) is 0 Å². The van der Waals surface area contributed by atoms with Gasteiger partial charge in [0.25, 0.3) is 0 Å². The smallest absolute Gasteiger partial charge is 0.123 e. The van der Waals surface area contributed by atoms with Crippen LogP contribution in [0.15, 0.2) is 18.3 Å². The summed E-state index contributed by atoms with van der Waals surface area (Å²) < 4.78 is 5.56. The molecule has 0 radical (unpaired) electrons. The fraction of sp³-hybridized carbons (Fsp3) is 0.444. The number of hydrogen-bond donors (Lipinski definition) is 2. The SMILES string of the molecule is Nc1ccc([C@H]2CNCCO2)cn1. The highest BCUT2D eigenvalue weighted by Gasteiger charge is 2.15. The van der Waals surface area contributed by atoms with E-state index in [9.17, 15) is 0 Å². The van der Waals surface area contributed by atoms with E-state index in [0.717, 1.165) is 25.3 Å². The predicted octanol–water partition coefficient (Wildman–Crippen LogP) is 0.325. The Hall–Kier alpha value is -1.13. The van der Waals surface area contributed by atoms with Gasteiger partial charge in [0, 0.05) is 24.8 Å². The zero-order valence-electron chi connectivity index (χ0n) is 7.36. The monoisotopic (exact) mass is 179 g/mol. The maximum absolute atomic E-state index is 5.56. The Balaban J connectivity index is 2.10. The molecule has 0 bridgehead atoms. The Kier molecular flexibility index (Phi) is 2.42. The van der Waals surface area contributed by atoms with Crippen molar-refractivity contribution in [2.45, 2.75) is 6.10 Å². The summed E-state index contributed by atoms with van der Waals surface area (Å²) in [5, 5.41) is 3.26. The number of morpholine rings is 1. The molecule has 1 fully saturated rings. The Bertz CT molecular complexity index is 267. The lowest BCUT2D eigenvalue weighted by atomic mass is 10.1. The molecule has 13 heavy (non-hydrogen) atoms. The van der Waals surface area contributed by atoms with Crippen molar-refractivity contribution in [3.05, 3.63) is 23.9 Å². The van der Waals surface area contributed by atoms with Crippen LogP contribution in [-0.4, -0.2) is 24.7 Å². The van der Waals surface area contributed by atoms with E-state index in [2.05, 4.69) is 10.3 Å². The molecule has 0 aromatic carbocycles. The molecule has 1 aliphatic rings. The van der Waals surface area contributed by atoms with E-state index in [1.807, 2.05) is 6.07 Å². The maximum Gasteiger partial charge on any atom is 0.123 e. The molecule has 4 nitrogen and oxygen atoms in total. The number of nitrogen functional groups attached to an aromatic ring is 1. The maximum atomic E-state index is 5.56. The summed E-state index contributed by atoms with van der Waals surface area (Å²) in [6.07, 6.45) is 1.90. The Morgan fingerprint density at radius 2 is 2.46 bits per heavy atom. The highest BCUT2D eigenvalue weighted by molar-refractivity contribution is 5.30. The van der Waals surface area contributed by atoms with Crippen LogP contribution >= 0.6 is 0 Å². The van der Waals surface area contributed by atoms with E-state index >= 15 is 0 Å². The number of ether oxygens (including phenoxy) is 1. The van der Waals surface area contributed by atoms with Gasteiger partial charge in [0.1, 0.15) is 5.82 Å². The van der Waals surface area contributed by atoms with Gasteiger partial charge in [0.2, 0.25) is 0 Å². The van der Waals surface area contributed by atoms with Gasteiger partial charge in [-0.3, -0.25) is 0 Å². The standard InChI is InChI=1S/C9H13N3O/c10-9-2-1-7(5-12-9)8-6-11-3-4-13-8/h1-2,5,8,11H,3-4,6H2,(H2,10,12)/t8-/m1/s1. The topological polar surface area (TPSA) is 60.2 Å². The second-order valence-corrected chi connectivity index (χ2v) is 3.08. The molecule has 2 heterocycles. The molecule has 0 saturated carbocycles. The zero-order valence-corrected chi connectivity index (χ0v) is 7.36. The molecule has 70 valence electrons. The van der Waals surface area contributed by atoms with Crippen molar-refractivity contribution in [1.29, 1.82) is 0 Å². The predicted molar refractivity (Wildman–Crippen MR) is 50.2 cm³/mol. The average Bonchev–Trinajstić information content (AvgIpc) is 2.20. The largest absolute Gasteiger partial charge is 0.384 e. The van der Waals surface area contributed by atoms with Gasteiger partial charge in [-0.15, -0.1) is 0 Å². The van der Waals surface area contributed by atoms with Crippen LogP contribution in [0.1, 0.15) is 11.7 Å². The van der Waals surface area contributed by atoms with Crippen molar-refractivity contribution in [3.8, 4) is 0 Å². The first-order valence-corrected chi connectivity index (χ1v) is 4.40. The van der Waals surface area contributed by atoms with Crippen LogP contribution in [0.3, 0.4) is 0 Å². The third-order valence-electron chi connectivity index (χ3n) is 2.11. The van der Waals surface area contributed by atoms with Gasteiger partial charge in [0.05, 0.1) is 12.7 Å². The van der Waals surface area contributed by atoms with Crippen molar-refractivity contribution in [3.63, 3.8) is 0 Å². The first-order chi connectivity index (χ1) is 6.36. The van der Waals surface area contributed by atoms with Crippen LogP contribution in [0.25, 0.3) is 0 Å². The highest BCUT2D eigenvalue weighted by atomic mass is 16.5. The van der Waals surface area contributed by atoms with Crippen LogP contribution in [0.4, 0.5) is 5.82 Å². The summed E-state index contributed by atoms with van der Waals surface area (Å²) in [4.78, 5) is 4.02. The van der Waals surface area contributed by atoms with Crippen molar-refractivity contribution in [2.75, 3.05) is 25.4 Å². The van der Waals surface area contributed by atoms with Crippen LogP contribution in [0.2, 0.25) is 0 Å². The van der Waals surface area contributed by atoms with E-state index < -0.39 is 0 Å². The van der Waals surface area contributed by atoms with E-state index in [1.54, 1.807) is 12.3 Å². The Morgan fingerprint density at radius 3 is 3.08 bits per heavy atom. The molecule has 1 atom stereocenters. The summed E-state index contributed by atoms with van der Waals surface area (Å²) in [7, 11) is 0. The van der Waals surface area contributed by atoms with Gasteiger partial charge >= 0.3 is 0 Å². The molecule has 1 aliphatic heterocycles. The van der Waals surface area contributed by atoms with E-state index in [1.165, 1.54) is 0 Å². The number of nitrogens with one attached hydrogen (secondary N) is 1. The molecule has 0 spiro atoms. The minimum Gasteiger partial charge on any atom is -0.384 e. The summed E-state index contributed by atoms with van der Waals surface area (Å²) in [5.74, 6) is 0.549. The highest BCUT2D eigenvalue weighted by Crippen LogP contribution is 2.17. The first-order valence-electron chi connectivity index (χ1n) is 4.40. The number of rotatable bonds is 1. The van der Waals surface area contributed by atoms with Gasteiger partial charge in [-0.05, 0) is 6.07 Å². The molecule has 0 unspecified atom stereocenters. The summed E-state index contributed by atoms with van der Waals surface area (Å²) >= 11 is 0. The molecule has 1 saturated heterocycles. The zero-order chi connectivity index (χ0) is 9.10. The van der Waals surface area contributed by atoms with Crippen molar-refractivity contribution >= 4 is 5.82 Å². The van der Waals surface area contributed by atoms with E-state index in [0.29, 0.717) is 5.82 Å². The minimum absolute atomic E-state index is 0.127. The molecular weight excluding hydrogens is 166 g/mol. The molecule has 2 rings (SSSR count). The normalized spacial score (nSPS) is 22.9. The van der Waals surface area contributed by atoms with Gasteiger partial charge in [0.15, 0.2) is 0 Å². The molecule has 3 N–H and O–H groups in total. The number of aromatic nitrogens is 1. The Morgan fingerprint density at radius 1 is 1.54 bits per heavy atom. The van der Waals surface area contributed by atoms with Crippen LogP contribution in [0.5, 0.6) is 0 Å². The molecule has 0 aliphatic carbocycles. The number of pyridine rings is 1. The third kappa shape index (κ3) is 1.96. The second kappa shape index (κ2) is 3.72.